The summed E-state index contributed by atoms with van der Waals surface area (Å²) in [6, 6.07) is 8.00. The van der Waals surface area contributed by atoms with E-state index in [0.717, 1.165) is 41.0 Å². The molecular weight excluding hydrogens is 370 g/mol. The summed E-state index contributed by atoms with van der Waals surface area (Å²) in [5, 5.41) is 9.88. The molecule has 0 aromatic heterocycles. The number of ether oxygens (including phenoxy) is 1. The standard InChI is InChI=1S/C14H17N3OS2.BrH/c1-18-12-4-2-11(3-5-12)13-10-20-14(16-15-13)17-6-8-19-9-7-17;/h2-5H,6-10H2,1H3;1H. The summed E-state index contributed by atoms with van der Waals surface area (Å²) in [4.78, 5) is 2.34. The second-order valence-corrected chi connectivity index (χ2v) is 6.71. The van der Waals surface area contributed by atoms with E-state index in [1.807, 2.05) is 36.0 Å². The molecule has 1 saturated heterocycles. The first-order chi connectivity index (χ1) is 9.86. The zero-order valence-electron chi connectivity index (χ0n) is 11.8. The number of benzene rings is 1. The lowest BCUT2D eigenvalue weighted by molar-refractivity contribution is 0.415. The molecule has 0 atom stereocenters. The van der Waals surface area contributed by atoms with Gasteiger partial charge in [0.25, 0.3) is 0 Å². The minimum Gasteiger partial charge on any atom is -0.497 e. The van der Waals surface area contributed by atoms with E-state index >= 15 is 0 Å². The monoisotopic (exact) mass is 387 g/mol. The second kappa shape index (κ2) is 8.10. The van der Waals surface area contributed by atoms with Gasteiger partial charge >= 0.3 is 0 Å². The Morgan fingerprint density at radius 3 is 2.38 bits per heavy atom. The summed E-state index contributed by atoms with van der Waals surface area (Å²) in [7, 11) is 1.68. The van der Waals surface area contributed by atoms with Crippen LogP contribution in [0.3, 0.4) is 0 Å². The van der Waals surface area contributed by atoms with Crippen molar-refractivity contribution in [2.45, 2.75) is 0 Å². The Labute approximate surface area is 144 Å². The lowest BCUT2D eigenvalue weighted by Gasteiger charge is -2.29. The molecule has 1 fully saturated rings. The molecular formula is C14H18BrN3OS2. The van der Waals surface area contributed by atoms with Crippen LogP contribution in [0.25, 0.3) is 0 Å². The SMILES string of the molecule is Br.COc1ccc(C2=NN=C(N3CCSCC3)SC2)cc1. The van der Waals surface area contributed by atoms with Gasteiger partial charge in [0.1, 0.15) is 5.75 Å². The number of amidine groups is 1. The molecule has 1 aromatic rings. The van der Waals surface area contributed by atoms with Gasteiger partial charge in [-0.25, -0.2) is 0 Å². The Morgan fingerprint density at radius 2 is 1.81 bits per heavy atom. The highest BCUT2D eigenvalue weighted by Gasteiger charge is 2.19. The molecule has 0 aliphatic carbocycles. The van der Waals surface area contributed by atoms with Crippen molar-refractivity contribution < 1.29 is 4.74 Å². The molecule has 0 spiro atoms. The number of nitrogens with zero attached hydrogens (tertiary/aromatic N) is 3. The van der Waals surface area contributed by atoms with Crippen LogP contribution in [-0.2, 0) is 0 Å². The second-order valence-electron chi connectivity index (χ2n) is 4.55. The molecule has 4 nitrogen and oxygen atoms in total. The summed E-state index contributed by atoms with van der Waals surface area (Å²) in [5.41, 5.74) is 2.16. The number of hydrogen-bond donors (Lipinski definition) is 0. The molecule has 0 N–H and O–H groups in total. The minimum atomic E-state index is 0. The fourth-order valence-corrected chi connectivity index (χ4v) is 3.98. The van der Waals surface area contributed by atoms with Crippen molar-refractivity contribution >= 4 is 51.4 Å². The molecule has 2 aliphatic heterocycles. The lowest BCUT2D eigenvalue weighted by Crippen LogP contribution is -2.37. The predicted octanol–water partition coefficient (Wildman–Crippen LogP) is 3.13. The molecule has 2 aliphatic rings. The summed E-state index contributed by atoms with van der Waals surface area (Å²) >= 11 is 3.80. The maximum atomic E-state index is 5.17. The highest BCUT2D eigenvalue weighted by atomic mass is 79.9. The normalized spacial score (nSPS) is 18.4. The van der Waals surface area contributed by atoms with Crippen LogP contribution in [0.4, 0.5) is 0 Å². The van der Waals surface area contributed by atoms with Crippen molar-refractivity contribution in [2.75, 3.05) is 37.5 Å². The van der Waals surface area contributed by atoms with E-state index < -0.39 is 0 Å². The summed E-state index contributed by atoms with van der Waals surface area (Å²) in [6.07, 6.45) is 0. The van der Waals surface area contributed by atoms with Gasteiger partial charge in [0.05, 0.1) is 12.8 Å². The molecule has 114 valence electrons. The fourth-order valence-electron chi connectivity index (χ4n) is 2.13. The van der Waals surface area contributed by atoms with Gasteiger partial charge in [-0.15, -0.1) is 22.1 Å². The smallest absolute Gasteiger partial charge is 0.186 e. The van der Waals surface area contributed by atoms with Crippen LogP contribution < -0.4 is 4.74 Å². The van der Waals surface area contributed by atoms with E-state index in [4.69, 9.17) is 4.74 Å². The maximum Gasteiger partial charge on any atom is 0.186 e. The Kier molecular flexibility index (Phi) is 6.44. The number of hydrogen-bond acceptors (Lipinski definition) is 6. The minimum absolute atomic E-state index is 0. The Balaban J connectivity index is 0.00000161. The molecule has 0 radical (unpaired) electrons. The average molecular weight is 388 g/mol. The molecule has 0 saturated carbocycles. The first-order valence-corrected chi connectivity index (χ1v) is 8.75. The van der Waals surface area contributed by atoms with Crippen LogP contribution in [0.5, 0.6) is 5.75 Å². The Bertz CT molecular complexity index is 528. The molecule has 3 rings (SSSR count). The van der Waals surface area contributed by atoms with Gasteiger partial charge in [0.15, 0.2) is 5.17 Å². The van der Waals surface area contributed by atoms with Gasteiger partial charge in [0, 0.05) is 30.3 Å². The molecule has 0 unspecified atom stereocenters. The van der Waals surface area contributed by atoms with Crippen LogP contribution >= 0.6 is 40.5 Å². The summed E-state index contributed by atoms with van der Waals surface area (Å²) < 4.78 is 5.17. The third-order valence-electron chi connectivity index (χ3n) is 3.30. The number of thioether (sulfide) groups is 2. The summed E-state index contributed by atoms with van der Waals surface area (Å²) in [5.74, 6) is 4.13. The van der Waals surface area contributed by atoms with Gasteiger partial charge in [-0.2, -0.15) is 16.9 Å². The van der Waals surface area contributed by atoms with Crippen LogP contribution in [0.2, 0.25) is 0 Å². The van der Waals surface area contributed by atoms with Gasteiger partial charge in [-0.05, 0) is 29.8 Å². The van der Waals surface area contributed by atoms with Gasteiger partial charge < -0.3 is 9.64 Å². The van der Waals surface area contributed by atoms with E-state index in [1.165, 1.54) is 11.5 Å². The first kappa shape index (κ1) is 16.7. The molecule has 7 heteroatoms. The van der Waals surface area contributed by atoms with Crippen molar-refractivity contribution in [1.29, 1.82) is 0 Å². The Morgan fingerprint density at radius 1 is 1.10 bits per heavy atom. The number of rotatable bonds is 2. The topological polar surface area (TPSA) is 37.2 Å². The van der Waals surface area contributed by atoms with Crippen molar-refractivity contribution in [2.24, 2.45) is 10.2 Å². The molecule has 0 bridgehead atoms. The van der Waals surface area contributed by atoms with Crippen molar-refractivity contribution in [1.82, 2.24) is 4.90 Å². The molecule has 21 heavy (non-hydrogen) atoms. The van der Waals surface area contributed by atoms with E-state index in [9.17, 15) is 0 Å². The molecule has 1 aromatic carbocycles. The Hall–Kier alpha value is -0.660. The number of halogens is 1. The third kappa shape index (κ3) is 4.17. The zero-order valence-corrected chi connectivity index (χ0v) is 15.2. The highest BCUT2D eigenvalue weighted by Crippen LogP contribution is 2.22. The first-order valence-electron chi connectivity index (χ1n) is 6.61. The molecule has 0 amide bonds. The fraction of sp³-hybridized carbons (Fsp3) is 0.429. The largest absolute Gasteiger partial charge is 0.497 e. The van der Waals surface area contributed by atoms with Gasteiger partial charge in [-0.3, -0.25) is 0 Å². The lowest BCUT2D eigenvalue weighted by atomic mass is 10.1. The highest BCUT2D eigenvalue weighted by molar-refractivity contribution is 8.93. The van der Waals surface area contributed by atoms with Crippen LogP contribution in [0.1, 0.15) is 5.56 Å². The number of methoxy groups -OCH3 is 1. The van der Waals surface area contributed by atoms with Crippen LogP contribution in [0.15, 0.2) is 34.5 Å². The maximum absolute atomic E-state index is 5.17. The molecule has 2 heterocycles. The van der Waals surface area contributed by atoms with E-state index in [1.54, 1.807) is 18.9 Å². The van der Waals surface area contributed by atoms with Crippen LogP contribution in [0, 0.1) is 0 Å². The van der Waals surface area contributed by atoms with Crippen molar-refractivity contribution in [3.8, 4) is 5.75 Å². The van der Waals surface area contributed by atoms with Crippen molar-refractivity contribution in [3.05, 3.63) is 29.8 Å². The zero-order chi connectivity index (χ0) is 13.8. The average Bonchev–Trinajstić information content (AvgIpc) is 2.56. The summed E-state index contributed by atoms with van der Waals surface area (Å²) in [6.45, 7) is 2.17. The van der Waals surface area contributed by atoms with Gasteiger partial charge in [-0.1, -0.05) is 11.8 Å². The van der Waals surface area contributed by atoms with Crippen molar-refractivity contribution in [3.63, 3.8) is 0 Å². The van der Waals surface area contributed by atoms with E-state index in [0.29, 0.717) is 0 Å². The predicted molar refractivity (Wildman–Crippen MR) is 98.6 cm³/mol. The van der Waals surface area contributed by atoms with E-state index in [-0.39, 0.29) is 17.0 Å². The van der Waals surface area contributed by atoms with Gasteiger partial charge in [0.2, 0.25) is 0 Å². The third-order valence-corrected chi connectivity index (χ3v) is 5.26. The van der Waals surface area contributed by atoms with Crippen LogP contribution in [-0.4, -0.2) is 53.2 Å². The quantitative estimate of drug-likeness (QED) is 0.780. The van der Waals surface area contributed by atoms with E-state index in [2.05, 4.69) is 15.1 Å².